The number of imidazole rings is 1. The van der Waals surface area contributed by atoms with Crippen LogP contribution >= 0.6 is 23.5 Å². The summed E-state index contributed by atoms with van der Waals surface area (Å²) in [5.74, 6) is 0.831. The van der Waals surface area contributed by atoms with Crippen LogP contribution in [0.15, 0.2) is 46.6 Å². The molecule has 3 heterocycles. The largest absolute Gasteiger partial charge is 0.294 e. The van der Waals surface area contributed by atoms with Gasteiger partial charge >= 0.3 is 0 Å². The lowest BCUT2D eigenvalue weighted by Gasteiger charge is -2.12. The van der Waals surface area contributed by atoms with Gasteiger partial charge < -0.3 is 0 Å². The Morgan fingerprint density at radius 2 is 2.07 bits per heavy atom. The van der Waals surface area contributed by atoms with E-state index in [1.54, 1.807) is 18.0 Å². The summed E-state index contributed by atoms with van der Waals surface area (Å²) in [6.45, 7) is 2.66. The second-order valence-electron chi connectivity index (χ2n) is 6.46. The van der Waals surface area contributed by atoms with Gasteiger partial charge in [-0.25, -0.2) is 4.98 Å². The molecule has 27 heavy (non-hydrogen) atoms. The van der Waals surface area contributed by atoms with E-state index in [9.17, 15) is 9.59 Å². The lowest BCUT2D eigenvalue weighted by molar-refractivity contribution is -0.122. The Morgan fingerprint density at radius 1 is 1.19 bits per heavy atom. The van der Waals surface area contributed by atoms with E-state index in [4.69, 9.17) is 0 Å². The van der Waals surface area contributed by atoms with E-state index in [0.29, 0.717) is 11.4 Å². The molecule has 0 atom stereocenters. The van der Waals surface area contributed by atoms with Crippen molar-refractivity contribution in [1.82, 2.24) is 14.3 Å². The number of carbonyl (C=O) groups is 2. The number of imide groups is 1. The molecule has 1 aliphatic rings. The first-order valence-electron chi connectivity index (χ1n) is 9.49. The number of unbranched alkanes of at least 4 members (excludes halogenated alkanes) is 4. The average molecular weight is 404 g/mol. The van der Waals surface area contributed by atoms with Crippen molar-refractivity contribution >= 4 is 40.3 Å². The molecule has 0 unspecified atom stereocenters. The minimum Gasteiger partial charge on any atom is -0.294 e. The molecule has 0 bridgehead atoms. The van der Waals surface area contributed by atoms with Crippen LogP contribution in [0.5, 0.6) is 0 Å². The van der Waals surface area contributed by atoms with Gasteiger partial charge in [0.2, 0.25) is 0 Å². The molecule has 5 nitrogen and oxygen atoms in total. The molecule has 0 spiro atoms. The van der Waals surface area contributed by atoms with Gasteiger partial charge in [-0.1, -0.05) is 31.9 Å². The number of hydrogen-bond acceptors (Lipinski definition) is 5. The van der Waals surface area contributed by atoms with Gasteiger partial charge in [0.1, 0.15) is 5.65 Å². The van der Waals surface area contributed by atoms with Crippen LogP contribution in [-0.4, -0.2) is 37.7 Å². The zero-order chi connectivity index (χ0) is 19.1. The Hall–Kier alpha value is -1.73. The van der Waals surface area contributed by atoms with Gasteiger partial charge in [-0.15, -0.1) is 11.8 Å². The van der Waals surface area contributed by atoms with E-state index in [-0.39, 0.29) is 11.1 Å². The minimum atomic E-state index is -0.127. The summed E-state index contributed by atoms with van der Waals surface area (Å²) in [4.78, 5) is 30.8. The van der Waals surface area contributed by atoms with Crippen molar-refractivity contribution in [3.63, 3.8) is 0 Å². The fourth-order valence-electron chi connectivity index (χ4n) is 2.95. The van der Waals surface area contributed by atoms with Gasteiger partial charge in [0.25, 0.3) is 11.1 Å². The van der Waals surface area contributed by atoms with E-state index < -0.39 is 0 Å². The second-order valence-corrected chi connectivity index (χ2v) is 8.57. The number of thioether (sulfide) groups is 2. The summed E-state index contributed by atoms with van der Waals surface area (Å²) in [6, 6.07) is 6.08. The summed E-state index contributed by atoms with van der Waals surface area (Å²) >= 11 is 2.86. The standard InChI is InChI=1S/C20H25N3O2S2/c1-2-3-4-5-9-16-19(24)23(20(25)27-16)13-6-7-15-26-18-11-8-10-17-21-12-14-22(17)18/h8-12,14H,2-7,13,15H2,1H3. The highest BCUT2D eigenvalue weighted by Crippen LogP contribution is 2.31. The first-order chi connectivity index (χ1) is 13.2. The monoisotopic (exact) mass is 403 g/mol. The molecule has 0 N–H and O–H groups in total. The Bertz CT molecular complexity index is 831. The third kappa shape index (κ3) is 5.17. The molecule has 0 aliphatic carbocycles. The van der Waals surface area contributed by atoms with Gasteiger partial charge in [0.05, 0.1) is 9.93 Å². The Morgan fingerprint density at radius 3 is 2.93 bits per heavy atom. The summed E-state index contributed by atoms with van der Waals surface area (Å²) in [5, 5.41) is 1.03. The first-order valence-corrected chi connectivity index (χ1v) is 11.3. The predicted octanol–water partition coefficient (Wildman–Crippen LogP) is 5.37. The summed E-state index contributed by atoms with van der Waals surface area (Å²) in [5.41, 5.74) is 0.948. The normalized spacial score (nSPS) is 16.2. The molecule has 0 radical (unpaired) electrons. The van der Waals surface area contributed by atoms with Gasteiger partial charge in [-0.2, -0.15) is 0 Å². The molecule has 1 fully saturated rings. The van der Waals surface area contributed by atoms with Crippen LogP contribution in [0.2, 0.25) is 0 Å². The second kappa shape index (κ2) is 9.99. The minimum absolute atomic E-state index is 0.114. The van der Waals surface area contributed by atoms with E-state index >= 15 is 0 Å². The third-order valence-corrected chi connectivity index (χ3v) is 6.51. The maximum atomic E-state index is 12.4. The van der Waals surface area contributed by atoms with Crippen molar-refractivity contribution in [2.24, 2.45) is 0 Å². The van der Waals surface area contributed by atoms with Crippen LogP contribution in [0.25, 0.3) is 5.65 Å². The van der Waals surface area contributed by atoms with Crippen molar-refractivity contribution in [3.8, 4) is 0 Å². The maximum Gasteiger partial charge on any atom is 0.293 e. The number of pyridine rings is 1. The number of fused-ring (bicyclic) bond motifs is 1. The third-order valence-electron chi connectivity index (χ3n) is 4.43. The summed E-state index contributed by atoms with van der Waals surface area (Å²) < 4.78 is 2.07. The fraction of sp³-hybridized carbons (Fsp3) is 0.450. The number of nitrogens with zero attached hydrogens (tertiary/aromatic N) is 3. The van der Waals surface area contributed by atoms with Crippen LogP contribution in [0.4, 0.5) is 4.79 Å². The maximum absolute atomic E-state index is 12.4. The van der Waals surface area contributed by atoms with Gasteiger partial charge in [0.15, 0.2) is 0 Å². The number of carbonyl (C=O) groups excluding carboxylic acids is 2. The van der Waals surface area contributed by atoms with Crippen molar-refractivity contribution < 1.29 is 9.59 Å². The lowest BCUT2D eigenvalue weighted by Crippen LogP contribution is -2.29. The highest BCUT2D eigenvalue weighted by molar-refractivity contribution is 8.18. The summed E-state index contributed by atoms with van der Waals surface area (Å²) in [7, 11) is 0. The van der Waals surface area contributed by atoms with E-state index in [0.717, 1.165) is 66.7 Å². The summed E-state index contributed by atoms with van der Waals surface area (Å²) in [6.07, 6.45) is 11.7. The van der Waals surface area contributed by atoms with E-state index in [1.165, 1.54) is 4.90 Å². The molecule has 2 amide bonds. The number of rotatable bonds is 10. The van der Waals surface area contributed by atoms with Crippen molar-refractivity contribution in [2.75, 3.05) is 12.3 Å². The number of hydrogen-bond donors (Lipinski definition) is 0. The van der Waals surface area contributed by atoms with Crippen LogP contribution < -0.4 is 0 Å². The van der Waals surface area contributed by atoms with Crippen molar-refractivity contribution in [2.45, 2.75) is 50.5 Å². The molecule has 2 aromatic heterocycles. The molecule has 2 aromatic rings. The zero-order valence-electron chi connectivity index (χ0n) is 15.6. The molecule has 0 aromatic carbocycles. The van der Waals surface area contributed by atoms with Gasteiger partial charge in [-0.3, -0.25) is 18.9 Å². The molecule has 7 heteroatoms. The fourth-order valence-corrected chi connectivity index (χ4v) is 4.84. The molecule has 3 rings (SSSR count). The quantitative estimate of drug-likeness (QED) is 0.303. The smallest absolute Gasteiger partial charge is 0.293 e. The number of amides is 2. The van der Waals surface area contributed by atoms with Gasteiger partial charge in [-0.05, 0) is 55.3 Å². The SMILES string of the molecule is CCCCCC=C1SC(=O)N(CCCCSc2cccc3nccn23)C1=O. The zero-order valence-corrected chi connectivity index (χ0v) is 17.2. The molecular formula is C20H25N3O2S2. The van der Waals surface area contributed by atoms with Crippen molar-refractivity contribution in [3.05, 3.63) is 41.6 Å². The average Bonchev–Trinajstić information content (AvgIpc) is 3.25. The lowest BCUT2D eigenvalue weighted by atomic mass is 10.2. The van der Waals surface area contributed by atoms with Crippen LogP contribution in [0.3, 0.4) is 0 Å². The number of aromatic nitrogens is 2. The molecule has 144 valence electrons. The van der Waals surface area contributed by atoms with Crippen LogP contribution in [0.1, 0.15) is 45.4 Å². The highest BCUT2D eigenvalue weighted by atomic mass is 32.2. The predicted molar refractivity (Wildman–Crippen MR) is 112 cm³/mol. The Balaban J connectivity index is 1.41. The topological polar surface area (TPSA) is 54.7 Å². The molecule has 1 saturated heterocycles. The molecule has 0 saturated carbocycles. The molecule has 1 aliphatic heterocycles. The van der Waals surface area contributed by atoms with E-state index in [2.05, 4.69) is 22.4 Å². The van der Waals surface area contributed by atoms with Crippen LogP contribution in [0, 0.1) is 0 Å². The first kappa shape index (κ1) is 20.0. The van der Waals surface area contributed by atoms with E-state index in [1.807, 2.05) is 24.4 Å². The Kier molecular flexibility index (Phi) is 7.41. The van der Waals surface area contributed by atoms with Crippen LogP contribution in [-0.2, 0) is 4.79 Å². The molecular weight excluding hydrogens is 378 g/mol. The van der Waals surface area contributed by atoms with Crippen molar-refractivity contribution in [1.29, 1.82) is 0 Å². The Labute approximate surface area is 168 Å². The van der Waals surface area contributed by atoms with Gasteiger partial charge in [0, 0.05) is 18.9 Å². The number of allylic oxidation sites excluding steroid dienone is 1. The highest BCUT2D eigenvalue weighted by Gasteiger charge is 2.34.